The molecule has 0 atom stereocenters. The summed E-state index contributed by atoms with van der Waals surface area (Å²) in [7, 11) is 0. The molecule has 0 aromatic heterocycles. The fourth-order valence-corrected chi connectivity index (χ4v) is 2.32. The summed E-state index contributed by atoms with van der Waals surface area (Å²) >= 11 is 5.91. The van der Waals surface area contributed by atoms with E-state index in [0.717, 1.165) is 21.9 Å². The van der Waals surface area contributed by atoms with Crippen LogP contribution in [0.4, 0.5) is 0 Å². The van der Waals surface area contributed by atoms with Crippen LogP contribution in [-0.2, 0) is 0 Å². The highest BCUT2D eigenvalue weighted by molar-refractivity contribution is 6.30. The van der Waals surface area contributed by atoms with Gasteiger partial charge < -0.3 is 4.74 Å². The highest BCUT2D eigenvalue weighted by atomic mass is 35.5. The van der Waals surface area contributed by atoms with Gasteiger partial charge in [-0.1, -0.05) is 78.2 Å². The number of para-hydroxylation sites is 1. The van der Waals surface area contributed by atoms with Gasteiger partial charge in [-0.2, -0.15) is 0 Å². The fourth-order valence-electron chi connectivity index (χ4n) is 2.19. The molecule has 0 bridgehead atoms. The highest BCUT2D eigenvalue weighted by Gasteiger charge is 1.96. The van der Waals surface area contributed by atoms with Gasteiger partial charge in [-0.15, -0.1) is 0 Å². The number of rotatable bonds is 4. The van der Waals surface area contributed by atoms with E-state index in [1.54, 1.807) is 0 Å². The van der Waals surface area contributed by atoms with Crippen LogP contribution in [0.5, 0.6) is 5.75 Å². The Morgan fingerprint density at radius 3 is 2.15 bits per heavy atom. The fraction of sp³-hybridized carbons (Fsp3) is 0. The topological polar surface area (TPSA) is 9.23 Å². The van der Waals surface area contributed by atoms with E-state index in [-0.39, 0.29) is 0 Å². The van der Waals surface area contributed by atoms with Crippen LogP contribution in [0.2, 0.25) is 5.02 Å². The van der Waals surface area contributed by atoms with Gasteiger partial charge in [0.25, 0.3) is 0 Å². The van der Waals surface area contributed by atoms with Gasteiger partial charge in [0, 0.05) is 10.6 Å². The smallest absolute Gasteiger partial charge is 0.177 e. The average molecular weight is 357 g/mol. The SMILES string of the molecule is Clc1ccc(/C=C/C=C(/C#Cc2ccccc2)Oc2ccccc2)cc1. The predicted molar refractivity (Wildman–Crippen MR) is 109 cm³/mol. The third-order valence-corrected chi connectivity index (χ3v) is 3.73. The Hall–Kier alpha value is -3.21. The lowest BCUT2D eigenvalue weighted by atomic mass is 10.2. The first-order valence-corrected chi connectivity index (χ1v) is 8.61. The van der Waals surface area contributed by atoms with Gasteiger partial charge in [-0.3, -0.25) is 0 Å². The molecule has 126 valence electrons. The Bertz CT molecular complexity index is 944. The zero-order valence-electron chi connectivity index (χ0n) is 14.1. The van der Waals surface area contributed by atoms with E-state index in [0.29, 0.717) is 5.76 Å². The Balaban J connectivity index is 1.82. The zero-order valence-corrected chi connectivity index (χ0v) is 14.9. The summed E-state index contributed by atoms with van der Waals surface area (Å²) in [6.45, 7) is 0. The van der Waals surface area contributed by atoms with Crippen molar-refractivity contribution in [2.24, 2.45) is 0 Å². The van der Waals surface area contributed by atoms with Crippen LogP contribution in [0.3, 0.4) is 0 Å². The van der Waals surface area contributed by atoms with Crippen molar-refractivity contribution in [2.45, 2.75) is 0 Å². The molecule has 0 amide bonds. The molecule has 0 aliphatic heterocycles. The van der Waals surface area contributed by atoms with Gasteiger partial charge in [0.15, 0.2) is 5.76 Å². The summed E-state index contributed by atoms with van der Waals surface area (Å²) in [5.74, 6) is 7.55. The molecule has 1 nitrogen and oxygen atoms in total. The summed E-state index contributed by atoms with van der Waals surface area (Å²) < 4.78 is 5.91. The molecule has 0 heterocycles. The lowest BCUT2D eigenvalue weighted by molar-refractivity contribution is 0.450. The van der Waals surface area contributed by atoms with Crippen molar-refractivity contribution in [3.63, 3.8) is 0 Å². The molecule has 0 saturated carbocycles. The molecule has 0 unspecified atom stereocenters. The Labute approximate surface area is 159 Å². The number of ether oxygens (including phenoxy) is 1. The number of hydrogen-bond donors (Lipinski definition) is 0. The van der Waals surface area contributed by atoms with E-state index in [2.05, 4.69) is 11.8 Å². The first-order chi connectivity index (χ1) is 12.8. The monoisotopic (exact) mass is 356 g/mol. The molecule has 0 saturated heterocycles. The lowest BCUT2D eigenvalue weighted by Gasteiger charge is -2.03. The first-order valence-electron chi connectivity index (χ1n) is 8.23. The van der Waals surface area contributed by atoms with Gasteiger partial charge in [0.2, 0.25) is 0 Å². The van der Waals surface area contributed by atoms with E-state index in [4.69, 9.17) is 16.3 Å². The minimum atomic E-state index is 0.574. The largest absolute Gasteiger partial charge is 0.448 e. The van der Waals surface area contributed by atoms with Gasteiger partial charge in [-0.25, -0.2) is 0 Å². The van der Waals surface area contributed by atoms with Crippen LogP contribution in [0.15, 0.2) is 103 Å². The summed E-state index contributed by atoms with van der Waals surface area (Å²) in [5, 5.41) is 0.722. The summed E-state index contributed by atoms with van der Waals surface area (Å²) in [4.78, 5) is 0. The Morgan fingerprint density at radius 2 is 1.46 bits per heavy atom. The lowest BCUT2D eigenvalue weighted by Crippen LogP contribution is -1.92. The van der Waals surface area contributed by atoms with Crippen LogP contribution in [0, 0.1) is 11.8 Å². The van der Waals surface area contributed by atoms with Crippen molar-refractivity contribution < 1.29 is 4.74 Å². The maximum atomic E-state index is 5.91. The van der Waals surface area contributed by atoms with Crippen LogP contribution >= 0.6 is 11.6 Å². The zero-order chi connectivity index (χ0) is 18.0. The number of benzene rings is 3. The van der Waals surface area contributed by atoms with Crippen molar-refractivity contribution in [3.05, 3.63) is 119 Å². The second-order valence-corrected chi connectivity index (χ2v) is 5.91. The quantitative estimate of drug-likeness (QED) is 0.300. The Morgan fingerprint density at radius 1 is 0.808 bits per heavy atom. The first kappa shape index (κ1) is 17.6. The van der Waals surface area contributed by atoms with Gasteiger partial charge >= 0.3 is 0 Å². The number of hydrogen-bond acceptors (Lipinski definition) is 1. The molecule has 0 aliphatic rings. The maximum absolute atomic E-state index is 5.91. The van der Waals surface area contributed by atoms with Gasteiger partial charge in [-0.05, 0) is 54.0 Å². The second-order valence-electron chi connectivity index (χ2n) is 5.47. The molecule has 3 rings (SSSR count). The standard InChI is InChI=1S/C24H17ClO/c25-22-17-14-21(15-18-22)10-7-13-24(26-23-11-5-2-6-12-23)19-16-20-8-3-1-4-9-20/h1-15,17-18H/b10-7+,24-13-. The van der Waals surface area contributed by atoms with Crippen LogP contribution in [0.25, 0.3) is 6.08 Å². The molecule has 3 aromatic rings. The summed E-state index contributed by atoms with van der Waals surface area (Å²) in [6.07, 6.45) is 5.76. The van der Waals surface area contributed by atoms with Crippen molar-refractivity contribution >= 4 is 17.7 Å². The van der Waals surface area contributed by atoms with Crippen molar-refractivity contribution in [2.75, 3.05) is 0 Å². The third-order valence-electron chi connectivity index (χ3n) is 3.48. The minimum absolute atomic E-state index is 0.574. The average Bonchev–Trinajstić information content (AvgIpc) is 2.69. The van der Waals surface area contributed by atoms with E-state index in [1.807, 2.05) is 103 Å². The molecule has 0 radical (unpaired) electrons. The van der Waals surface area contributed by atoms with Crippen LogP contribution in [-0.4, -0.2) is 0 Å². The van der Waals surface area contributed by atoms with Crippen molar-refractivity contribution in [3.8, 4) is 17.6 Å². The summed E-state index contributed by atoms with van der Waals surface area (Å²) in [6, 6.07) is 27.1. The van der Waals surface area contributed by atoms with Crippen LogP contribution < -0.4 is 4.74 Å². The molecule has 0 fully saturated rings. The third kappa shape index (κ3) is 5.70. The molecule has 3 aromatic carbocycles. The highest BCUT2D eigenvalue weighted by Crippen LogP contribution is 2.14. The second kappa shape index (κ2) is 9.32. The van der Waals surface area contributed by atoms with Gasteiger partial charge in [0.05, 0.1) is 0 Å². The van der Waals surface area contributed by atoms with Crippen molar-refractivity contribution in [1.82, 2.24) is 0 Å². The minimum Gasteiger partial charge on any atom is -0.448 e. The molecule has 0 N–H and O–H groups in total. The predicted octanol–water partition coefficient (Wildman–Crippen LogP) is 6.37. The van der Waals surface area contributed by atoms with Gasteiger partial charge in [0.1, 0.15) is 5.75 Å². The van der Waals surface area contributed by atoms with E-state index in [1.165, 1.54) is 0 Å². The normalized spacial score (nSPS) is 11.0. The molecule has 26 heavy (non-hydrogen) atoms. The molecule has 0 aliphatic carbocycles. The summed E-state index contributed by atoms with van der Waals surface area (Å²) in [5.41, 5.74) is 2.00. The molecular formula is C24H17ClO. The van der Waals surface area contributed by atoms with Crippen LogP contribution in [0.1, 0.15) is 11.1 Å². The van der Waals surface area contributed by atoms with E-state index >= 15 is 0 Å². The Kier molecular flexibility index (Phi) is 6.31. The van der Waals surface area contributed by atoms with Crippen molar-refractivity contribution in [1.29, 1.82) is 0 Å². The van der Waals surface area contributed by atoms with E-state index in [9.17, 15) is 0 Å². The maximum Gasteiger partial charge on any atom is 0.177 e. The number of allylic oxidation sites excluding steroid dienone is 3. The molecule has 2 heteroatoms. The number of halogens is 1. The molecule has 0 spiro atoms. The molecular weight excluding hydrogens is 340 g/mol. The van der Waals surface area contributed by atoms with E-state index < -0.39 is 0 Å².